The van der Waals surface area contributed by atoms with Gasteiger partial charge >= 0.3 is 0 Å². The molecule has 5 atom stereocenters. The number of ether oxygens (including phenoxy) is 2. The standard InChI is InChI=1S/C18H25BrO2/c1-10-11(2)20-12(3)16(10)17(19)13-6-7-15-14(8-13)9-18(4,5)21-15/h6-8,10-12,16-17H,9H2,1-5H3. The molecule has 1 saturated heterocycles. The van der Waals surface area contributed by atoms with Crippen molar-refractivity contribution in [1.82, 2.24) is 0 Å². The van der Waals surface area contributed by atoms with Crippen molar-refractivity contribution < 1.29 is 9.47 Å². The number of hydrogen-bond donors (Lipinski definition) is 0. The highest BCUT2D eigenvalue weighted by Gasteiger charge is 2.41. The quantitative estimate of drug-likeness (QED) is 0.705. The van der Waals surface area contributed by atoms with Gasteiger partial charge in [-0.05, 0) is 50.8 Å². The lowest BCUT2D eigenvalue weighted by molar-refractivity contribution is 0.0511. The summed E-state index contributed by atoms with van der Waals surface area (Å²) in [6.07, 6.45) is 1.61. The number of benzene rings is 1. The van der Waals surface area contributed by atoms with E-state index in [1.807, 2.05) is 0 Å². The largest absolute Gasteiger partial charge is 0.487 e. The summed E-state index contributed by atoms with van der Waals surface area (Å²) in [4.78, 5) is 0.335. The highest BCUT2D eigenvalue weighted by molar-refractivity contribution is 9.09. The highest BCUT2D eigenvalue weighted by Crippen LogP contribution is 2.46. The topological polar surface area (TPSA) is 18.5 Å². The molecule has 0 amide bonds. The van der Waals surface area contributed by atoms with Crippen molar-refractivity contribution in [1.29, 1.82) is 0 Å². The number of fused-ring (bicyclic) bond motifs is 1. The van der Waals surface area contributed by atoms with E-state index in [0.717, 1.165) is 12.2 Å². The van der Waals surface area contributed by atoms with Crippen LogP contribution in [0.15, 0.2) is 18.2 Å². The average Bonchev–Trinajstić information content (AvgIpc) is 2.83. The van der Waals surface area contributed by atoms with Crippen molar-refractivity contribution in [3.63, 3.8) is 0 Å². The maximum Gasteiger partial charge on any atom is 0.123 e. The molecule has 1 aromatic rings. The summed E-state index contributed by atoms with van der Waals surface area (Å²) in [5.41, 5.74) is 2.60. The van der Waals surface area contributed by atoms with E-state index in [1.54, 1.807) is 0 Å². The van der Waals surface area contributed by atoms with Crippen molar-refractivity contribution in [2.24, 2.45) is 11.8 Å². The molecule has 5 unspecified atom stereocenters. The summed E-state index contributed by atoms with van der Waals surface area (Å²) in [7, 11) is 0. The normalized spacial score (nSPS) is 35.3. The summed E-state index contributed by atoms with van der Waals surface area (Å²) in [5.74, 6) is 2.11. The van der Waals surface area contributed by atoms with Crippen LogP contribution in [0.3, 0.4) is 0 Å². The Hall–Kier alpha value is -0.540. The van der Waals surface area contributed by atoms with Crippen LogP contribution >= 0.6 is 15.9 Å². The molecule has 1 fully saturated rings. The molecule has 2 nitrogen and oxygen atoms in total. The van der Waals surface area contributed by atoms with Gasteiger partial charge in [0.15, 0.2) is 0 Å². The summed E-state index contributed by atoms with van der Waals surface area (Å²) >= 11 is 3.94. The number of rotatable bonds is 2. The first kappa shape index (κ1) is 15.4. The lowest BCUT2D eigenvalue weighted by atomic mass is 9.84. The molecule has 0 saturated carbocycles. The van der Waals surface area contributed by atoms with Gasteiger partial charge in [-0.1, -0.05) is 35.0 Å². The number of halogens is 1. The van der Waals surface area contributed by atoms with Gasteiger partial charge in [-0.15, -0.1) is 0 Å². The molecule has 2 heterocycles. The predicted molar refractivity (Wildman–Crippen MR) is 89.2 cm³/mol. The minimum atomic E-state index is -0.0751. The van der Waals surface area contributed by atoms with Gasteiger partial charge in [0.05, 0.1) is 12.2 Å². The monoisotopic (exact) mass is 352 g/mol. The van der Waals surface area contributed by atoms with E-state index in [2.05, 4.69) is 68.7 Å². The summed E-state index contributed by atoms with van der Waals surface area (Å²) < 4.78 is 12.0. The zero-order valence-electron chi connectivity index (χ0n) is 13.5. The summed E-state index contributed by atoms with van der Waals surface area (Å²) in [6, 6.07) is 6.64. The van der Waals surface area contributed by atoms with Crippen molar-refractivity contribution >= 4 is 15.9 Å². The maximum absolute atomic E-state index is 6.00. The fraction of sp³-hybridized carbons (Fsp3) is 0.667. The van der Waals surface area contributed by atoms with Crippen molar-refractivity contribution in [3.05, 3.63) is 29.3 Å². The molecule has 1 aromatic carbocycles. The van der Waals surface area contributed by atoms with Crippen LogP contribution in [0.25, 0.3) is 0 Å². The first-order valence-corrected chi connectivity index (χ1v) is 8.81. The van der Waals surface area contributed by atoms with Crippen molar-refractivity contribution in [3.8, 4) is 5.75 Å². The Morgan fingerprint density at radius 2 is 1.90 bits per heavy atom. The SMILES string of the molecule is CC1OC(C)C(C(Br)c2ccc3c(c2)CC(C)(C)O3)C1C. The highest BCUT2D eigenvalue weighted by atomic mass is 79.9. The Balaban J connectivity index is 1.85. The van der Waals surface area contributed by atoms with Crippen LogP contribution < -0.4 is 4.74 Å². The van der Waals surface area contributed by atoms with E-state index in [9.17, 15) is 0 Å². The second-order valence-electron chi connectivity index (χ2n) is 7.29. The lowest BCUT2D eigenvalue weighted by Gasteiger charge is -2.25. The summed E-state index contributed by atoms with van der Waals surface area (Å²) in [6.45, 7) is 11.0. The molecule has 0 N–H and O–H groups in total. The van der Waals surface area contributed by atoms with Gasteiger partial charge in [0.2, 0.25) is 0 Å². The van der Waals surface area contributed by atoms with Crippen LogP contribution in [0.2, 0.25) is 0 Å². The molecule has 0 radical (unpaired) electrons. The van der Waals surface area contributed by atoms with Crippen molar-refractivity contribution in [2.45, 2.75) is 63.7 Å². The smallest absolute Gasteiger partial charge is 0.123 e. The number of hydrogen-bond acceptors (Lipinski definition) is 2. The minimum absolute atomic E-state index is 0.0751. The zero-order chi connectivity index (χ0) is 15.4. The molecule has 3 heteroatoms. The van der Waals surface area contributed by atoms with Gasteiger partial charge in [0, 0.05) is 17.2 Å². The molecule has 2 aliphatic rings. The van der Waals surface area contributed by atoms with Gasteiger partial charge in [0.1, 0.15) is 11.4 Å². The van der Waals surface area contributed by atoms with E-state index < -0.39 is 0 Å². The van der Waals surface area contributed by atoms with E-state index in [-0.39, 0.29) is 5.60 Å². The fourth-order valence-corrected chi connectivity index (χ4v) is 5.02. The second kappa shape index (κ2) is 5.27. The molecule has 2 aliphatic heterocycles. The maximum atomic E-state index is 6.00. The Bertz CT molecular complexity index is 540. The van der Waals surface area contributed by atoms with Gasteiger partial charge < -0.3 is 9.47 Å². The number of alkyl halides is 1. The molecule has 0 aromatic heterocycles. The molecule has 0 bridgehead atoms. The molecular weight excluding hydrogens is 328 g/mol. The molecule has 0 aliphatic carbocycles. The molecule has 3 rings (SSSR count). The summed E-state index contributed by atoms with van der Waals surface area (Å²) in [5, 5.41) is 0. The van der Waals surface area contributed by atoms with E-state index >= 15 is 0 Å². The molecule has 21 heavy (non-hydrogen) atoms. The van der Waals surface area contributed by atoms with E-state index in [1.165, 1.54) is 11.1 Å². The molecular formula is C18H25BrO2. The molecule has 0 spiro atoms. The van der Waals surface area contributed by atoms with Crippen LogP contribution in [-0.2, 0) is 11.2 Å². The van der Waals surface area contributed by atoms with Crippen LogP contribution in [-0.4, -0.2) is 17.8 Å². The van der Waals surface area contributed by atoms with E-state index in [4.69, 9.17) is 9.47 Å². The van der Waals surface area contributed by atoms with Crippen LogP contribution in [0.4, 0.5) is 0 Å². The Morgan fingerprint density at radius 1 is 1.19 bits per heavy atom. The van der Waals surface area contributed by atoms with Crippen molar-refractivity contribution in [2.75, 3.05) is 0 Å². The average molecular weight is 353 g/mol. The Kier molecular flexibility index (Phi) is 3.86. The van der Waals surface area contributed by atoms with Crippen LogP contribution in [0, 0.1) is 11.8 Å². The zero-order valence-corrected chi connectivity index (χ0v) is 15.1. The third kappa shape index (κ3) is 2.75. The lowest BCUT2D eigenvalue weighted by Crippen LogP contribution is -2.24. The third-order valence-electron chi connectivity index (χ3n) is 5.06. The predicted octanol–water partition coefficient (Wildman–Crippen LogP) is 4.90. The Morgan fingerprint density at radius 3 is 2.52 bits per heavy atom. The second-order valence-corrected chi connectivity index (χ2v) is 8.28. The van der Waals surface area contributed by atoms with Gasteiger partial charge in [-0.25, -0.2) is 0 Å². The van der Waals surface area contributed by atoms with E-state index in [0.29, 0.717) is 28.9 Å². The minimum Gasteiger partial charge on any atom is -0.487 e. The third-order valence-corrected chi connectivity index (χ3v) is 6.20. The van der Waals surface area contributed by atoms with Crippen LogP contribution in [0.5, 0.6) is 5.75 Å². The van der Waals surface area contributed by atoms with Gasteiger partial charge in [-0.2, -0.15) is 0 Å². The van der Waals surface area contributed by atoms with Gasteiger partial charge in [-0.3, -0.25) is 0 Å². The van der Waals surface area contributed by atoms with Gasteiger partial charge in [0.25, 0.3) is 0 Å². The fourth-order valence-electron chi connectivity index (χ4n) is 3.82. The van der Waals surface area contributed by atoms with Crippen LogP contribution in [0.1, 0.15) is 50.6 Å². The molecule has 116 valence electrons. The first-order chi connectivity index (χ1) is 9.78. The first-order valence-electron chi connectivity index (χ1n) is 7.90. The Labute approximate surface area is 136 Å².